The Kier molecular flexibility index (Phi) is 5.04. The Balaban J connectivity index is 3.42. The van der Waals surface area contributed by atoms with E-state index in [2.05, 4.69) is 0 Å². The molecule has 0 aromatic carbocycles. The van der Waals surface area contributed by atoms with Crippen molar-refractivity contribution < 1.29 is 26.7 Å². The first kappa shape index (κ1) is 12.5. The Hall–Kier alpha value is -0.530. The summed E-state index contributed by atoms with van der Waals surface area (Å²) in [5.41, 5.74) is -4.39. The van der Waals surface area contributed by atoms with Gasteiger partial charge >= 0.3 is 11.9 Å². The lowest BCUT2D eigenvalue weighted by Crippen LogP contribution is -2.31. The molecule has 0 saturated carbocycles. The van der Waals surface area contributed by atoms with Crippen LogP contribution >= 0.6 is 11.8 Å². The topological polar surface area (TPSA) is 29.1 Å². The monoisotopic (exact) mass is 223 g/mol. The first-order chi connectivity index (χ1) is 5.83. The summed E-state index contributed by atoms with van der Waals surface area (Å²) < 4.78 is 57.2. The zero-order valence-corrected chi connectivity index (χ0v) is 7.01. The summed E-state index contributed by atoms with van der Waals surface area (Å²) in [5, 5.41) is 1.64. The Labute approximate surface area is 74.9 Å². The van der Waals surface area contributed by atoms with Crippen LogP contribution in [0.25, 0.3) is 0 Å². The fraction of sp³-hybridized carbons (Fsp3) is 0.800. The number of amides is 1. The average Bonchev–Trinajstić information content (AvgIpc) is 1.95. The number of hydrogen-bond acceptors (Lipinski definition) is 2. The van der Waals surface area contributed by atoms with Gasteiger partial charge in [-0.15, -0.1) is 0 Å². The van der Waals surface area contributed by atoms with Gasteiger partial charge in [0.1, 0.15) is 0 Å². The molecule has 0 heterocycles. The summed E-state index contributed by atoms with van der Waals surface area (Å²) in [7, 11) is 0. The van der Waals surface area contributed by atoms with Crippen molar-refractivity contribution in [2.75, 3.05) is 12.3 Å². The van der Waals surface area contributed by atoms with Crippen LogP contribution in [0.1, 0.15) is 0 Å². The van der Waals surface area contributed by atoms with Crippen LogP contribution in [0.2, 0.25) is 0 Å². The van der Waals surface area contributed by atoms with E-state index in [1.165, 1.54) is 0 Å². The normalized spacial score (nSPS) is 11.8. The predicted octanol–water partition coefficient (Wildman–Crippen LogP) is 1.62. The lowest BCUT2D eigenvalue weighted by Gasteiger charge is -2.06. The van der Waals surface area contributed by atoms with Gasteiger partial charge in [-0.25, -0.2) is 0 Å². The summed E-state index contributed by atoms with van der Waals surface area (Å²) >= 11 is -0.372. The molecule has 0 radical (unpaired) electrons. The zero-order valence-electron chi connectivity index (χ0n) is 6.20. The molecule has 1 amide bonds. The van der Waals surface area contributed by atoms with Gasteiger partial charge in [-0.3, -0.25) is 4.79 Å². The Bertz CT molecular complexity index is 171. The molecule has 0 aliphatic carbocycles. The van der Waals surface area contributed by atoms with Crippen molar-refractivity contribution >= 4 is 17.7 Å². The summed E-state index contributed by atoms with van der Waals surface area (Å²) in [6, 6.07) is 0. The number of carbonyl (C=O) groups is 1. The maximum Gasteiger partial charge on any atom is 0.441 e. The molecule has 13 heavy (non-hydrogen) atoms. The lowest BCUT2D eigenvalue weighted by molar-refractivity contribution is -0.131. The molecule has 0 saturated heterocycles. The highest BCUT2D eigenvalue weighted by atomic mass is 32.2. The summed E-state index contributed by atoms with van der Waals surface area (Å²) in [5.74, 6) is -2.02. The number of rotatable bonds is 4. The van der Waals surface area contributed by atoms with Crippen LogP contribution < -0.4 is 5.32 Å². The maximum absolute atomic E-state index is 11.4. The molecule has 0 aliphatic heterocycles. The van der Waals surface area contributed by atoms with Crippen LogP contribution in [0, 0.1) is 0 Å². The largest absolute Gasteiger partial charge is 0.441 e. The second-order valence-electron chi connectivity index (χ2n) is 1.89. The van der Waals surface area contributed by atoms with E-state index < -0.39 is 30.1 Å². The van der Waals surface area contributed by atoms with Crippen molar-refractivity contribution in [3.8, 4) is 0 Å². The minimum absolute atomic E-state index is 0.372. The smallest absolute Gasteiger partial charge is 0.350 e. The quantitative estimate of drug-likeness (QED) is 0.579. The summed E-state index contributed by atoms with van der Waals surface area (Å²) in [6.45, 7) is -0.423. The SMILES string of the molecule is O=C(NCCSC(F)(F)F)C(F)F. The Morgan fingerprint density at radius 2 is 1.92 bits per heavy atom. The molecule has 0 rings (SSSR count). The molecule has 0 aromatic heterocycles. The second kappa shape index (κ2) is 5.25. The third-order valence-corrected chi connectivity index (χ3v) is 1.60. The van der Waals surface area contributed by atoms with E-state index in [0.717, 1.165) is 0 Å². The molecule has 0 bridgehead atoms. The van der Waals surface area contributed by atoms with Crippen LogP contribution in [0.15, 0.2) is 0 Å². The number of thioether (sulfide) groups is 1. The minimum atomic E-state index is -4.39. The standard InChI is InChI=1S/C5H6F5NOS/c6-3(7)4(12)11-1-2-13-5(8,9)10/h3H,1-2H2,(H,11,12). The number of hydrogen-bond donors (Lipinski definition) is 1. The molecule has 0 spiro atoms. The summed E-state index contributed by atoms with van der Waals surface area (Å²) in [4.78, 5) is 10.1. The van der Waals surface area contributed by atoms with Gasteiger partial charge in [-0.1, -0.05) is 0 Å². The van der Waals surface area contributed by atoms with E-state index >= 15 is 0 Å². The molecule has 78 valence electrons. The van der Waals surface area contributed by atoms with E-state index in [-0.39, 0.29) is 11.8 Å². The van der Waals surface area contributed by atoms with Gasteiger partial charge in [-0.05, 0) is 11.8 Å². The average molecular weight is 223 g/mol. The highest BCUT2D eigenvalue weighted by molar-refractivity contribution is 8.00. The fourth-order valence-corrected chi connectivity index (χ4v) is 0.854. The Morgan fingerprint density at radius 3 is 2.31 bits per heavy atom. The highest BCUT2D eigenvalue weighted by Crippen LogP contribution is 2.29. The maximum atomic E-state index is 11.4. The van der Waals surface area contributed by atoms with Crippen molar-refractivity contribution in [1.82, 2.24) is 5.32 Å². The summed E-state index contributed by atoms with van der Waals surface area (Å²) in [6.07, 6.45) is -3.18. The molecule has 0 aliphatic rings. The van der Waals surface area contributed by atoms with E-state index in [9.17, 15) is 26.7 Å². The van der Waals surface area contributed by atoms with Crippen molar-refractivity contribution in [1.29, 1.82) is 0 Å². The predicted molar refractivity (Wildman–Crippen MR) is 37.5 cm³/mol. The molecule has 0 atom stereocenters. The Morgan fingerprint density at radius 1 is 1.38 bits per heavy atom. The second-order valence-corrected chi connectivity index (χ2v) is 3.05. The molecule has 0 unspecified atom stereocenters. The first-order valence-corrected chi connectivity index (χ1v) is 4.08. The third kappa shape index (κ3) is 7.82. The third-order valence-electron chi connectivity index (χ3n) is 0.865. The van der Waals surface area contributed by atoms with E-state index in [1.54, 1.807) is 5.32 Å². The van der Waals surface area contributed by atoms with Crippen molar-refractivity contribution in [2.24, 2.45) is 0 Å². The molecular weight excluding hydrogens is 217 g/mol. The molecule has 0 aromatic rings. The van der Waals surface area contributed by atoms with Crippen LogP contribution in [-0.2, 0) is 4.79 Å². The van der Waals surface area contributed by atoms with Gasteiger partial charge in [-0.2, -0.15) is 22.0 Å². The van der Waals surface area contributed by atoms with Gasteiger partial charge in [0.15, 0.2) is 0 Å². The molecule has 1 N–H and O–H groups in total. The number of halogens is 5. The van der Waals surface area contributed by atoms with E-state index in [4.69, 9.17) is 0 Å². The van der Waals surface area contributed by atoms with Gasteiger partial charge in [0.2, 0.25) is 0 Å². The van der Waals surface area contributed by atoms with Crippen LogP contribution in [0.3, 0.4) is 0 Å². The zero-order chi connectivity index (χ0) is 10.5. The van der Waals surface area contributed by atoms with Crippen molar-refractivity contribution in [3.63, 3.8) is 0 Å². The van der Waals surface area contributed by atoms with E-state index in [0.29, 0.717) is 0 Å². The van der Waals surface area contributed by atoms with Gasteiger partial charge < -0.3 is 5.32 Å². The van der Waals surface area contributed by atoms with Gasteiger partial charge in [0, 0.05) is 12.3 Å². The number of alkyl halides is 5. The van der Waals surface area contributed by atoms with Crippen molar-refractivity contribution in [3.05, 3.63) is 0 Å². The lowest BCUT2D eigenvalue weighted by atomic mass is 10.6. The molecule has 0 fully saturated rings. The van der Waals surface area contributed by atoms with Crippen molar-refractivity contribution in [2.45, 2.75) is 11.9 Å². The first-order valence-electron chi connectivity index (χ1n) is 3.09. The highest BCUT2D eigenvalue weighted by Gasteiger charge is 2.27. The fourth-order valence-electron chi connectivity index (χ4n) is 0.418. The van der Waals surface area contributed by atoms with Crippen LogP contribution in [0.4, 0.5) is 22.0 Å². The van der Waals surface area contributed by atoms with Crippen LogP contribution in [0.5, 0.6) is 0 Å². The molecule has 2 nitrogen and oxygen atoms in total. The van der Waals surface area contributed by atoms with Crippen LogP contribution in [-0.4, -0.2) is 30.1 Å². The van der Waals surface area contributed by atoms with E-state index in [1.807, 2.05) is 0 Å². The molecule has 8 heteroatoms. The number of carbonyl (C=O) groups excluding carboxylic acids is 1. The molecular formula is C5H6F5NOS. The van der Waals surface area contributed by atoms with Gasteiger partial charge in [0.05, 0.1) is 0 Å². The number of nitrogens with one attached hydrogen (secondary N) is 1. The van der Waals surface area contributed by atoms with Gasteiger partial charge in [0.25, 0.3) is 5.91 Å². The minimum Gasteiger partial charge on any atom is -0.350 e.